The molecule has 2 N–H and O–H groups in total. The summed E-state index contributed by atoms with van der Waals surface area (Å²) in [5.74, 6) is 1.24. The van der Waals surface area contributed by atoms with Crippen molar-refractivity contribution >= 4 is 46.8 Å². The van der Waals surface area contributed by atoms with E-state index in [2.05, 4.69) is 15.6 Å². The van der Waals surface area contributed by atoms with Crippen molar-refractivity contribution in [3.8, 4) is 0 Å². The average molecular weight is 516 g/mol. The summed E-state index contributed by atoms with van der Waals surface area (Å²) in [5.41, 5.74) is -0.488. The first-order valence-corrected chi connectivity index (χ1v) is 10.6. The number of halogens is 1. The second-order valence-corrected chi connectivity index (χ2v) is 10.9. The number of carbonyl (C=O) groups is 1. The van der Waals surface area contributed by atoms with Crippen LogP contribution in [0.2, 0.25) is 0 Å². The Balaban J connectivity index is 0.00000676. The Hall–Kier alpha value is -0.580. The number of ether oxygens (including phenoxy) is 1. The molecule has 0 bridgehead atoms. The van der Waals surface area contributed by atoms with E-state index in [0.717, 1.165) is 12.8 Å². The molecule has 0 radical (unpaired) electrons. The maximum Gasteiger partial charge on any atom is 0.410 e. The molecule has 1 aliphatic heterocycles. The lowest BCUT2D eigenvalue weighted by atomic mass is 10.1. The molecule has 0 saturated carbocycles. The van der Waals surface area contributed by atoms with Gasteiger partial charge in [0.25, 0.3) is 0 Å². The minimum Gasteiger partial charge on any atom is -0.444 e. The third-order valence-corrected chi connectivity index (χ3v) is 5.84. The minimum atomic E-state index is -0.899. The number of nitrogens with zero attached hydrogens (tertiary/aromatic N) is 2. The fraction of sp³-hybridized carbons (Fsp3) is 0.889. The summed E-state index contributed by atoms with van der Waals surface area (Å²) in [7, 11) is 0.814. The van der Waals surface area contributed by atoms with Crippen molar-refractivity contribution in [3.63, 3.8) is 0 Å². The van der Waals surface area contributed by atoms with Crippen LogP contribution in [0.4, 0.5) is 4.79 Å². The summed E-state index contributed by atoms with van der Waals surface area (Å²) >= 11 is 0. The first kappa shape index (κ1) is 26.4. The second kappa shape index (κ2) is 11.4. The Bertz CT molecular complexity index is 530. The average Bonchev–Trinajstić information content (AvgIpc) is 2.51. The number of aliphatic imine (C=N–C) groups is 1. The molecule has 1 heterocycles. The molecule has 1 aliphatic rings. The number of hydrogen-bond donors (Lipinski definition) is 2. The Morgan fingerprint density at radius 1 is 1.26 bits per heavy atom. The van der Waals surface area contributed by atoms with Gasteiger partial charge in [-0.05, 0) is 54.4 Å². The van der Waals surface area contributed by atoms with Crippen molar-refractivity contribution in [1.82, 2.24) is 15.5 Å². The van der Waals surface area contributed by atoms with Crippen LogP contribution in [0, 0.1) is 0 Å². The van der Waals surface area contributed by atoms with Gasteiger partial charge < -0.3 is 20.3 Å². The number of likely N-dealkylation sites (tertiary alicyclic amines) is 1. The highest BCUT2D eigenvalue weighted by Crippen LogP contribution is 2.15. The van der Waals surface area contributed by atoms with Crippen LogP contribution in [-0.4, -0.2) is 70.0 Å². The van der Waals surface area contributed by atoms with E-state index >= 15 is 0 Å². The van der Waals surface area contributed by atoms with E-state index in [1.807, 2.05) is 41.5 Å². The summed E-state index contributed by atoms with van der Waals surface area (Å²) < 4.78 is 17.4. The van der Waals surface area contributed by atoms with Crippen LogP contribution in [0.1, 0.15) is 54.4 Å². The normalized spacial score (nSPS) is 19.7. The molecule has 1 fully saturated rings. The zero-order valence-corrected chi connectivity index (χ0v) is 20.9. The van der Waals surface area contributed by atoms with E-state index in [1.54, 1.807) is 11.9 Å². The van der Waals surface area contributed by atoms with E-state index < -0.39 is 16.4 Å². The first-order chi connectivity index (χ1) is 11.9. The highest BCUT2D eigenvalue weighted by Gasteiger charge is 2.28. The quantitative estimate of drug-likeness (QED) is 0.341. The number of piperidine rings is 1. The molecule has 0 aromatic carbocycles. The monoisotopic (exact) mass is 516 g/mol. The zero-order chi connectivity index (χ0) is 20.0. The molecule has 1 saturated heterocycles. The van der Waals surface area contributed by atoms with Gasteiger partial charge in [0, 0.05) is 54.0 Å². The van der Waals surface area contributed by atoms with Crippen LogP contribution in [-0.2, 0) is 15.5 Å². The second-order valence-electron chi connectivity index (χ2n) is 8.57. The lowest BCUT2D eigenvalue weighted by Crippen LogP contribution is -2.53. The fourth-order valence-electron chi connectivity index (χ4n) is 2.54. The molecule has 2 atom stereocenters. The maximum atomic E-state index is 12.3. The Labute approximate surface area is 183 Å². The van der Waals surface area contributed by atoms with Crippen LogP contribution in [0.15, 0.2) is 4.99 Å². The van der Waals surface area contributed by atoms with Crippen LogP contribution in [0.5, 0.6) is 0 Å². The van der Waals surface area contributed by atoms with Gasteiger partial charge in [0.15, 0.2) is 5.96 Å². The number of hydrogen-bond acceptors (Lipinski definition) is 4. The van der Waals surface area contributed by atoms with E-state index in [9.17, 15) is 9.00 Å². The van der Waals surface area contributed by atoms with Crippen LogP contribution < -0.4 is 10.6 Å². The van der Waals surface area contributed by atoms with Gasteiger partial charge in [-0.15, -0.1) is 24.0 Å². The molecule has 9 heteroatoms. The first-order valence-electron chi connectivity index (χ1n) is 9.26. The predicted molar refractivity (Wildman–Crippen MR) is 124 cm³/mol. The van der Waals surface area contributed by atoms with E-state index in [-0.39, 0.29) is 40.9 Å². The summed E-state index contributed by atoms with van der Waals surface area (Å²) in [6.45, 7) is 13.4. The number of nitrogens with one attached hydrogen (secondary N) is 2. The maximum absolute atomic E-state index is 12.3. The van der Waals surface area contributed by atoms with E-state index in [1.165, 1.54) is 0 Å². The van der Waals surface area contributed by atoms with Crippen molar-refractivity contribution in [2.24, 2.45) is 4.99 Å². The smallest absolute Gasteiger partial charge is 0.410 e. The van der Waals surface area contributed by atoms with Gasteiger partial charge in [0.1, 0.15) is 5.60 Å². The Kier molecular flexibility index (Phi) is 11.2. The van der Waals surface area contributed by atoms with Crippen molar-refractivity contribution in [1.29, 1.82) is 0 Å². The Morgan fingerprint density at radius 2 is 1.89 bits per heavy atom. The molecule has 0 aromatic rings. The molecule has 2 unspecified atom stereocenters. The number of carbonyl (C=O) groups excluding carboxylic acids is 1. The Morgan fingerprint density at radius 3 is 2.41 bits per heavy atom. The van der Waals surface area contributed by atoms with Gasteiger partial charge in [-0.3, -0.25) is 9.20 Å². The molecule has 1 rings (SSSR count). The fourth-order valence-corrected chi connectivity index (χ4v) is 3.44. The van der Waals surface area contributed by atoms with Crippen molar-refractivity contribution in [2.75, 3.05) is 32.4 Å². The predicted octanol–water partition coefficient (Wildman–Crippen LogP) is 2.72. The van der Waals surface area contributed by atoms with Gasteiger partial charge >= 0.3 is 6.09 Å². The highest BCUT2D eigenvalue weighted by molar-refractivity contribution is 14.0. The van der Waals surface area contributed by atoms with E-state index in [4.69, 9.17) is 4.74 Å². The molecule has 0 aromatic heterocycles. The summed E-state index contributed by atoms with van der Waals surface area (Å²) in [4.78, 5) is 18.2. The van der Waals surface area contributed by atoms with Crippen molar-refractivity contribution in [3.05, 3.63) is 0 Å². The molecule has 1 amide bonds. The van der Waals surface area contributed by atoms with Gasteiger partial charge in [0.05, 0.1) is 0 Å². The molecule has 27 heavy (non-hydrogen) atoms. The molecule has 7 nitrogen and oxygen atoms in total. The van der Waals surface area contributed by atoms with Gasteiger partial charge in [-0.2, -0.15) is 0 Å². The van der Waals surface area contributed by atoms with Gasteiger partial charge in [-0.25, -0.2) is 4.79 Å². The largest absolute Gasteiger partial charge is 0.444 e. The topological polar surface area (TPSA) is 83.0 Å². The minimum absolute atomic E-state index is 0. The third-order valence-electron chi connectivity index (χ3n) is 3.90. The highest BCUT2D eigenvalue weighted by atomic mass is 127. The molecule has 160 valence electrons. The third kappa shape index (κ3) is 10.5. The van der Waals surface area contributed by atoms with Crippen LogP contribution in [0.3, 0.4) is 0 Å². The van der Waals surface area contributed by atoms with Crippen molar-refractivity contribution in [2.45, 2.75) is 70.8 Å². The van der Waals surface area contributed by atoms with Crippen LogP contribution >= 0.6 is 24.0 Å². The molecular formula is C18H37IN4O3S. The van der Waals surface area contributed by atoms with Gasteiger partial charge in [0.2, 0.25) is 0 Å². The lowest BCUT2D eigenvalue weighted by molar-refractivity contribution is 0.0193. The standard InChI is InChI=1S/C18H36N4O3S.HI/c1-17(2,3)25-16(23)22-11-8-9-14(13-22)21-15(19-7)20-10-12-26(24)18(4,5)6;/h14H,8-13H2,1-7H3,(H2,19,20,21);1H. The summed E-state index contributed by atoms with van der Waals surface area (Å²) in [6, 6.07) is 0.121. The van der Waals surface area contributed by atoms with Crippen LogP contribution in [0.25, 0.3) is 0 Å². The van der Waals surface area contributed by atoms with E-state index in [0.29, 0.717) is 31.3 Å². The number of guanidine groups is 1. The molecule has 0 spiro atoms. The summed E-state index contributed by atoms with van der Waals surface area (Å²) in [6.07, 6.45) is 1.61. The lowest BCUT2D eigenvalue weighted by Gasteiger charge is -2.35. The molecular weight excluding hydrogens is 479 g/mol. The SMILES string of the molecule is CN=C(NCCS(=O)C(C)(C)C)NC1CCCN(C(=O)OC(C)(C)C)C1.I. The molecule has 0 aliphatic carbocycles. The number of amides is 1. The summed E-state index contributed by atoms with van der Waals surface area (Å²) in [5, 5.41) is 6.57. The zero-order valence-electron chi connectivity index (χ0n) is 17.8. The van der Waals surface area contributed by atoms with Crippen molar-refractivity contribution < 1.29 is 13.7 Å². The number of rotatable bonds is 4. The van der Waals surface area contributed by atoms with Gasteiger partial charge in [-0.1, -0.05) is 0 Å².